The Hall–Kier alpha value is -1.53. The summed E-state index contributed by atoms with van der Waals surface area (Å²) in [5, 5.41) is 8.60. The lowest BCUT2D eigenvalue weighted by molar-refractivity contribution is -0.161. The van der Waals surface area contributed by atoms with E-state index >= 15 is 0 Å². The molecule has 1 N–H and O–H groups in total. The fraction of sp³-hybridized carbons (Fsp3) is 0.600. The molecule has 1 fully saturated rings. The highest BCUT2D eigenvalue weighted by Gasteiger charge is 2.50. The summed E-state index contributed by atoms with van der Waals surface area (Å²) in [7, 11) is 0. The monoisotopic (exact) mass is 251 g/mol. The van der Waals surface area contributed by atoms with Crippen molar-refractivity contribution in [3.05, 3.63) is 12.7 Å². The second-order valence-electron chi connectivity index (χ2n) is 3.91. The number of aliphatic carboxylic acids is 1. The molecule has 1 amide bonds. The van der Waals surface area contributed by atoms with E-state index in [0.717, 1.165) is 0 Å². The largest absolute Gasteiger partial charge is 0.481 e. The number of rotatable bonds is 5. The van der Waals surface area contributed by atoms with Crippen LogP contribution in [0.1, 0.15) is 6.42 Å². The van der Waals surface area contributed by atoms with Crippen LogP contribution in [-0.4, -0.2) is 41.1 Å². The van der Waals surface area contributed by atoms with Gasteiger partial charge < -0.3 is 10.0 Å². The van der Waals surface area contributed by atoms with Crippen LogP contribution in [0, 0.1) is 11.8 Å². The molecule has 0 aromatic carbocycles. The fourth-order valence-corrected chi connectivity index (χ4v) is 1.58. The minimum absolute atomic E-state index is 0.111. The van der Waals surface area contributed by atoms with Gasteiger partial charge in [0.2, 0.25) is 5.91 Å². The van der Waals surface area contributed by atoms with E-state index in [2.05, 4.69) is 6.58 Å². The third-order valence-electron chi connectivity index (χ3n) is 2.46. The maximum atomic E-state index is 12.2. The predicted molar refractivity (Wildman–Crippen MR) is 52.1 cm³/mol. The number of hydrogen-bond acceptors (Lipinski definition) is 2. The summed E-state index contributed by atoms with van der Waals surface area (Å²) < 4.78 is 36.6. The van der Waals surface area contributed by atoms with Crippen molar-refractivity contribution >= 4 is 11.9 Å². The number of hydrogen-bond donors (Lipinski definition) is 1. The highest BCUT2D eigenvalue weighted by atomic mass is 19.4. The molecule has 0 radical (unpaired) electrons. The summed E-state index contributed by atoms with van der Waals surface area (Å²) in [6.45, 7) is 1.66. The Balaban J connectivity index is 2.62. The van der Waals surface area contributed by atoms with Gasteiger partial charge in [0.05, 0.1) is 11.8 Å². The normalized spacial score (nSPS) is 23.0. The van der Waals surface area contributed by atoms with Crippen LogP contribution in [0.25, 0.3) is 0 Å². The van der Waals surface area contributed by atoms with Crippen molar-refractivity contribution in [2.45, 2.75) is 12.6 Å². The van der Waals surface area contributed by atoms with Gasteiger partial charge in [0.15, 0.2) is 0 Å². The van der Waals surface area contributed by atoms with Gasteiger partial charge in [-0.25, -0.2) is 0 Å². The van der Waals surface area contributed by atoms with Gasteiger partial charge in [-0.3, -0.25) is 9.59 Å². The molecule has 0 aromatic heterocycles. The molecule has 0 bridgehead atoms. The molecule has 4 nitrogen and oxygen atoms in total. The first-order valence-electron chi connectivity index (χ1n) is 4.95. The first-order valence-corrected chi connectivity index (χ1v) is 4.95. The Kier molecular flexibility index (Phi) is 3.79. The molecule has 17 heavy (non-hydrogen) atoms. The Labute approximate surface area is 95.7 Å². The lowest BCUT2D eigenvalue weighted by atomic mass is 10.2. The number of alkyl halides is 3. The van der Waals surface area contributed by atoms with E-state index in [4.69, 9.17) is 5.11 Å². The van der Waals surface area contributed by atoms with Crippen LogP contribution in [0.2, 0.25) is 0 Å². The van der Waals surface area contributed by atoms with E-state index in [9.17, 15) is 22.8 Å². The Morgan fingerprint density at radius 1 is 1.41 bits per heavy atom. The van der Waals surface area contributed by atoms with Gasteiger partial charge in [-0.15, -0.1) is 6.58 Å². The summed E-state index contributed by atoms with van der Waals surface area (Å²) in [6, 6.07) is 0. The average molecular weight is 251 g/mol. The number of halogens is 3. The van der Waals surface area contributed by atoms with Crippen LogP contribution < -0.4 is 0 Å². The van der Waals surface area contributed by atoms with Crippen molar-refractivity contribution in [3.8, 4) is 0 Å². The Bertz CT molecular complexity index is 340. The number of nitrogens with zero attached hydrogens (tertiary/aromatic N) is 1. The molecular weight excluding hydrogens is 239 g/mol. The van der Waals surface area contributed by atoms with Gasteiger partial charge in [-0.2, -0.15) is 13.2 Å². The zero-order valence-electron chi connectivity index (χ0n) is 8.91. The minimum Gasteiger partial charge on any atom is -0.481 e. The first-order chi connectivity index (χ1) is 7.76. The molecule has 0 aromatic rings. The van der Waals surface area contributed by atoms with Crippen molar-refractivity contribution in [3.63, 3.8) is 0 Å². The number of carbonyl (C=O) groups is 2. The van der Waals surface area contributed by atoms with E-state index in [1.807, 2.05) is 0 Å². The average Bonchev–Trinajstić information content (AvgIpc) is 2.93. The molecule has 2 atom stereocenters. The van der Waals surface area contributed by atoms with Gasteiger partial charge in [0.1, 0.15) is 6.54 Å². The molecule has 1 rings (SSSR count). The standard InChI is InChI=1S/C10H12F3NO3/c1-2-3-14(5-10(11,12)13)8(15)6-4-7(6)9(16)17/h2,6-7H,1,3-5H2,(H,16,17). The summed E-state index contributed by atoms with van der Waals surface area (Å²) in [4.78, 5) is 22.7. The molecule has 1 aliphatic rings. The van der Waals surface area contributed by atoms with Crippen LogP contribution in [0.4, 0.5) is 13.2 Å². The molecule has 7 heteroatoms. The number of amides is 1. The summed E-state index contributed by atoms with van der Waals surface area (Å²) in [5.74, 6) is -3.58. The smallest absolute Gasteiger partial charge is 0.406 e. The SMILES string of the molecule is C=CCN(CC(F)(F)F)C(=O)C1CC1C(=O)O. The van der Waals surface area contributed by atoms with E-state index in [-0.39, 0.29) is 13.0 Å². The number of carboxylic acids is 1. The van der Waals surface area contributed by atoms with Crippen molar-refractivity contribution < 1.29 is 27.9 Å². The highest BCUT2D eigenvalue weighted by Crippen LogP contribution is 2.40. The van der Waals surface area contributed by atoms with Gasteiger partial charge in [-0.05, 0) is 6.42 Å². The van der Waals surface area contributed by atoms with Crippen LogP contribution in [-0.2, 0) is 9.59 Å². The van der Waals surface area contributed by atoms with Crippen molar-refractivity contribution in [1.82, 2.24) is 4.90 Å². The Morgan fingerprint density at radius 2 is 2.00 bits per heavy atom. The van der Waals surface area contributed by atoms with Crippen LogP contribution in [0.15, 0.2) is 12.7 Å². The van der Waals surface area contributed by atoms with Crippen LogP contribution >= 0.6 is 0 Å². The van der Waals surface area contributed by atoms with Gasteiger partial charge in [0.25, 0.3) is 0 Å². The van der Waals surface area contributed by atoms with E-state index in [1.165, 1.54) is 6.08 Å². The fourth-order valence-electron chi connectivity index (χ4n) is 1.58. The van der Waals surface area contributed by atoms with Gasteiger partial charge >= 0.3 is 12.1 Å². The van der Waals surface area contributed by atoms with Gasteiger partial charge in [-0.1, -0.05) is 6.08 Å². The highest BCUT2D eigenvalue weighted by molar-refractivity contribution is 5.89. The molecule has 0 saturated heterocycles. The van der Waals surface area contributed by atoms with Crippen molar-refractivity contribution in [2.75, 3.05) is 13.1 Å². The maximum absolute atomic E-state index is 12.2. The maximum Gasteiger partial charge on any atom is 0.406 e. The Morgan fingerprint density at radius 3 is 2.35 bits per heavy atom. The second kappa shape index (κ2) is 4.77. The molecule has 1 aliphatic carbocycles. The number of carboxylic acid groups (broad SMARTS) is 1. The zero-order valence-corrected chi connectivity index (χ0v) is 8.91. The molecule has 0 aliphatic heterocycles. The molecule has 96 valence electrons. The molecule has 2 unspecified atom stereocenters. The third kappa shape index (κ3) is 3.76. The summed E-state index contributed by atoms with van der Waals surface area (Å²) in [5.41, 5.74) is 0. The summed E-state index contributed by atoms with van der Waals surface area (Å²) in [6.07, 6.45) is -3.20. The zero-order chi connectivity index (χ0) is 13.2. The minimum atomic E-state index is -4.49. The van der Waals surface area contributed by atoms with Crippen molar-refractivity contribution in [2.24, 2.45) is 11.8 Å². The predicted octanol–water partition coefficient (Wildman–Crippen LogP) is 1.28. The lowest BCUT2D eigenvalue weighted by Crippen LogP contribution is -2.40. The van der Waals surface area contributed by atoms with E-state index in [0.29, 0.717) is 4.90 Å². The molecular formula is C10H12F3NO3. The van der Waals surface area contributed by atoms with Crippen molar-refractivity contribution in [1.29, 1.82) is 0 Å². The van der Waals surface area contributed by atoms with Crippen LogP contribution in [0.3, 0.4) is 0 Å². The lowest BCUT2D eigenvalue weighted by Gasteiger charge is -2.22. The third-order valence-corrected chi connectivity index (χ3v) is 2.46. The molecule has 1 saturated carbocycles. The van der Waals surface area contributed by atoms with Crippen LogP contribution in [0.5, 0.6) is 0 Å². The molecule has 0 heterocycles. The second-order valence-corrected chi connectivity index (χ2v) is 3.91. The van der Waals surface area contributed by atoms with E-state index in [1.54, 1.807) is 0 Å². The summed E-state index contributed by atoms with van der Waals surface area (Å²) >= 11 is 0. The first kappa shape index (κ1) is 13.5. The molecule has 0 spiro atoms. The topological polar surface area (TPSA) is 57.6 Å². The van der Waals surface area contributed by atoms with Gasteiger partial charge in [0, 0.05) is 6.54 Å². The van der Waals surface area contributed by atoms with E-state index < -0.39 is 36.4 Å². The number of carbonyl (C=O) groups excluding carboxylic acids is 1. The quantitative estimate of drug-likeness (QED) is 0.749.